The van der Waals surface area contributed by atoms with Crippen molar-refractivity contribution in [1.82, 2.24) is 5.32 Å². The van der Waals surface area contributed by atoms with Gasteiger partial charge in [-0.25, -0.2) is 4.79 Å². The summed E-state index contributed by atoms with van der Waals surface area (Å²) in [7, 11) is 0. The van der Waals surface area contributed by atoms with Crippen LogP contribution in [-0.2, 0) is 9.53 Å². The number of carbonyl (C=O) groups excluding carboxylic acids is 2. The topological polar surface area (TPSA) is 55.4 Å². The van der Waals surface area contributed by atoms with Crippen molar-refractivity contribution >= 4 is 23.5 Å². The van der Waals surface area contributed by atoms with Gasteiger partial charge in [-0.1, -0.05) is 13.3 Å². The minimum absolute atomic E-state index is 0.0968. The highest BCUT2D eigenvalue weighted by Crippen LogP contribution is 2.08. The van der Waals surface area contributed by atoms with Crippen molar-refractivity contribution in [3.05, 3.63) is 0 Å². The third kappa shape index (κ3) is 6.67. The van der Waals surface area contributed by atoms with E-state index in [1.54, 1.807) is 20.8 Å². The standard InChI is InChI=1S/C11H20ClNO3/c1-5-6-8(9(14)7-12)13-10(15)16-11(2,3)4/h8H,5-7H2,1-4H3,(H,13,15). The van der Waals surface area contributed by atoms with Gasteiger partial charge in [-0.3, -0.25) is 4.79 Å². The monoisotopic (exact) mass is 249 g/mol. The van der Waals surface area contributed by atoms with Gasteiger partial charge in [0.05, 0.1) is 11.9 Å². The van der Waals surface area contributed by atoms with Gasteiger partial charge >= 0.3 is 6.09 Å². The molecule has 0 aromatic heterocycles. The molecule has 1 atom stereocenters. The molecule has 0 aromatic rings. The fourth-order valence-electron chi connectivity index (χ4n) is 1.15. The van der Waals surface area contributed by atoms with E-state index in [0.717, 1.165) is 6.42 Å². The molecule has 0 aliphatic carbocycles. The lowest BCUT2D eigenvalue weighted by atomic mass is 10.1. The van der Waals surface area contributed by atoms with Crippen LogP contribution in [0.2, 0.25) is 0 Å². The van der Waals surface area contributed by atoms with Gasteiger partial charge in [-0.2, -0.15) is 0 Å². The summed E-state index contributed by atoms with van der Waals surface area (Å²) in [6, 6.07) is -0.544. The predicted molar refractivity (Wildman–Crippen MR) is 63.8 cm³/mol. The second kappa shape index (κ2) is 6.74. The first-order valence-corrected chi connectivity index (χ1v) is 5.91. The molecule has 0 aliphatic rings. The maximum atomic E-state index is 11.4. The van der Waals surface area contributed by atoms with Gasteiger partial charge < -0.3 is 10.1 Å². The van der Waals surface area contributed by atoms with Crippen LogP contribution in [0.15, 0.2) is 0 Å². The van der Waals surface area contributed by atoms with Crippen molar-refractivity contribution in [2.24, 2.45) is 0 Å². The third-order valence-corrected chi connectivity index (χ3v) is 2.05. The Morgan fingerprint density at radius 2 is 1.94 bits per heavy atom. The number of halogens is 1. The number of hydrogen-bond donors (Lipinski definition) is 1. The molecule has 0 aliphatic heterocycles. The summed E-state index contributed by atoms with van der Waals surface area (Å²) in [4.78, 5) is 22.8. The lowest BCUT2D eigenvalue weighted by Gasteiger charge is -2.22. The van der Waals surface area contributed by atoms with Crippen molar-refractivity contribution in [3.8, 4) is 0 Å². The molecule has 0 fully saturated rings. The van der Waals surface area contributed by atoms with Crippen molar-refractivity contribution in [2.75, 3.05) is 5.88 Å². The van der Waals surface area contributed by atoms with Crippen LogP contribution in [0.3, 0.4) is 0 Å². The molecular weight excluding hydrogens is 230 g/mol. The Bertz CT molecular complexity index is 248. The van der Waals surface area contributed by atoms with Crippen LogP contribution in [0.5, 0.6) is 0 Å². The van der Waals surface area contributed by atoms with Gasteiger partial charge in [-0.15, -0.1) is 11.6 Å². The summed E-state index contributed by atoms with van der Waals surface area (Å²) in [6.45, 7) is 7.24. The van der Waals surface area contributed by atoms with Gasteiger partial charge in [0.2, 0.25) is 0 Å². The summed E-state index contributed by atoms with van der Waals surface area (Å²) >= 11 is 5.46. The van der Waals surface area contributed by atoms with Crippen LogP contribution < -0.4 is 5.32 Å². The molecule has 0 aromatic carbocycles. The highest BCUT2D eigenvalue weighted by Gasteiger charge is 2.22. The smallest absolute Gasteiger partial charge is 0.408 e. The van der Waals surface area contributed by atoms with Crippen molar-refractivity contribution in [2.45, 2.75) is 52.2 Å². The molecule has 4 nitrogen and oxygen atoms in total. The molecule has 0 saturated heterocycles. The van der Waals surface area contributed by atoms with Gasteiger partial charge in [-0.05, 0) is 27.2 Å². The van der Waals surface area contributed by atoms with Crippen LogP contribution in [0.25, 0.3) is 0 Å². The summed E-state index contributed by atoms with van der Waals surface area (Å²) < 4.78 is 5.06. The average Bonchev–Trinajstić information content (AvgIpc) is 2.13. The molecule has 0 saturated carbocycles. The Labute approximate surface area is 102 Å². The van der Waals surface area contributed by atoms with E-state index in [-0.39, 0.29) is 11.7 Å². The molecule has 0 bridgehead atoms. The number of nitrogens with one attached hydrogen (secondary N) is 1. The van der Waals surface area contributed by atoms with E-state index in [1.165, 1.54) is 0 Å². The van der Waals surface area contributed by atoms with Crippen LogP contribution in [-0.4, -0.2) is 29.4 Å². The number of hydrogen-bond acceptors (Lipinski definition) is 3. The number of carbonyl (C=O) groups is 2. The van der Waals surface area contributed by atoms with Crippen molar-refractivity contribution < 1.29 is 14.3 Å². The number of amides is 1. The SMILES string of the molecule is CCCC(NC(=O)OC(C)(C)C)C(=O)CCl. The van der Waals surface area contributed by atoms with Crippen molar-refractivity contribution in [3.63, 3.8) is 0 Å². The van der Waals surface area contributed by atoms with E-state index in [2.05, 4.69) is 5.32 Å². The van der Waals surface area contributed by atoms with E-state index in [0.29, 0.717) is 6.42 Å². The number of rotatable bonds is 5. The van der Waals surface area contributed by atoms with Crippen LogP contribution in [0, 0.1) is 0 Å². The highest BCUT2D eigenvalue weighted by atomic mass is 35.5. The lowest BCUT2D eigenvalue weighted by Crippen LogP contribution is -2.43. The lowest BCUT2D eigenvalue weighted by molar-refractivity contribution is -0.118. The van der Waals surface area contributed by atoms with E-state index in [1.807, 2.05) is 6.92 Å². The molecule has 94 valence electrons. The molecule has 0 spiro atoms. The fourth-order valence-corrected chi connectivity index (χ4v) is 1.33. The van der Waals surface area contributed by atoms with Gasteiger partial charge in [0.15, 0.2) is 5.78 Å². The average molecular weight is 250 g/mol. The third-order valence-electron chi connectivity index (χ3n) is 1.79. The second-order valence-corrected chi connectivity index (χ2v) is 4.85. The first-order chi connectivity index (χ1) is 7.30. The Morgan fingerprint density at radius 1 is 1.38 bits per heavy atom. The molecule has 0 heterocycles. The van der Waals surface area contributed by atoms with E-state index in [4.69, 9.17) is 16.3 Å². The summed E-state index contributed by atoms with van der Waals surface area (Å²) in [5.41, 5.74) is -0.565. The molecule has 5 heteroatoms. The minimum atomic E-state index is -0.579. The van der Waals surface area contributed by atoms with Crippen LogP contribution in [0.4, 0.5) is 4.79 Å². The molecule has 0 rings (SSSR count). The van der Waals surface area contributed by atoms with E-state index in [9.17, 15) is 9.59 Å². The molecule has 1 N–H and O–H groups in total. The predicted octanol–water partition coefficient (Wildman–Crippen LogP) is 2.49. The summed E-state index contributed by atoms with van der Waals surface area (Å²) in [5.74, 6) is -0.283. The second-order valence-electron chi connectivity index (χ2n) is 4.59. The Kier molecular flexibility index (Phi) is 6.41. The van der Waals surface area contributed by atoms with E-state index < -0.39 is 17.7 Å². The maximum absolute atomic E-state index is 11.4. The molecule has 0 radical (unpaired) electrons. The zero-order valence-corrected chi connectivity index (χ0v) is 11.1. The van der Waals surface area contributed by atoms with Gasteiger partial charge in [0.1, 0.15) is 5.60 Å². The molecule has 1 unspecified atom stereocenters. The Hall–Kier alpha value is -0.770. The van der Waals surface area contributed by atoms with Gasteiger partial charge in [0, 0.05) is 0 Å². The summed E-state index contributed by atoms with van der Waals surface area (Å²) in [5, 5.41) is 2.53. The number of Topliss-reactive ketones (excluding diaryl/α,β-unsaturated/α-hetero) is 1. The number of ketones is 1. The Morgan fingerprint density at radius 3 is 2.31 bits per heavy atom. The number of alkyl carbamates (subject to hydrolysis) is 1. The molecular formula is C11H20ClNO3. The number of alkyl halides is 1. The zero-order valence-electron chi connectivity index (χ0n) is 10.3. The van der Waals surface area contributed by atoms with Crippen LogP contribution >= 0.6 is 11.6 Å². The minimum Gasteiger partial charge on any atom is -0.444 e. The van der Waals surface area contributed by atoms with E-state index >= 15 is 0 Å². The first-order valence-electron chi connectivity index (χ1n) is 5.38. The maximum Gasteiger partial charge on any atom is 0.408 e. The molecule has 16 heavy (non-hydrogen) atoms. The van der Waals surface area contributed by atoms with Gasteiger partial charge in [0.25, 0.3) is 0 Å². The largest absolute Gasteiger partial charge is 0.444 e. The quantitative estimate of drug-likeness (QED) is 0.762. The normalized spacial score (nSPS) is 13.1. The zero-order chi connectivity index (χ0) is 12.8. The molecule has 1 amide bonds. The first kappa shape index (κ1) is 15.2. The van der Waals surface area contributed by atoms with Crippen molar-refractivity contribution in [1.29, 1.82) is 0 Å². The Balaban J connectivity index is 4.29. The van der Waals surface area contributed by atoms with Crippen LogP contribution in [0.1, 0.15) is 40.5 Å². The number of ether oxygens (including phenoxy) is 1. The highest BCUT2D eigenvalue weighted by molar-refractivity contribution is 6.28. The fraction of sp³-hybridized carbons (Fsp3) is 0.818. The summed E-state index contributed by atoms with van der Waals surface area (Å²) in [6.07, 6.45) is 0.790.